The van der Waals surface area contributed by atoms with Crippen molar-refractivity contribution in [2.75, 3.05) is 19.6 Å². The van der Waals surface area contributed by atoms with Gasteiger partial charge in [0.05, 0.1) is 0 Å². The monoisotopic (exact) mass is 251 g/mol. The number of nitrogens with zero attached hydrogens (tertiary/aromatic N) is 1. The van der Waals surface area contributed by atoms with Crippen LogP contribution in [0, 0.1) is 0 Å². The highest BCUT2D eigenvalue weighted by atomic mass is 32.2. The summed E-state index contributed by atoms with van der Waals surface area (Å²) in [5.41, 5.74) is 5.21. The Kier molecular flexibility index (Phi) is 4.66. The van der Waals surface area contributed by atoms with Gasteiger partial charge >= 0.3 is 5.97 Å². The molecular weight excluding hydrogens is 234 g/mol. The number of nitrogens with one attached hydrogen (secondary N) is 1. The van der Waals surface area contributed by atoms with Crippen molar-refractivity contribution >= 4 is 16.2 Å². The molecule has 1 aliphatic heterocycles. The van der Waals surface area contributed by atoms with Gasteiger partial charge in [-0.2, -0.15) is 17.4 Å². The number of rotatable bonds is 5. The number of carboxylic acids is 1. The maximum absolute atomic E-state index is 11.7. The smallest absolute Gasteiger partial charge is 0.321 e. The van der Waals surface area contributed by atoms with Crippen molar-refractivity contribution in [3.05, 3.63) is 0 Å². The topological polar surface area (TPSA) is 113 Å². The summed E-state index contributed by atoms with van der Waals surface area (Å²) in [6.07, 6.45) is 2.71. The van der Waals surface area contributed by atoms with E-state index in [0.29, 0.717) is 13.1 Å². The van der Waals surface area contributed by atoms with Gasteiger partial charge in [0.2, 0.25) is 0 Å². The van der Waals surface area contributed by atoms with E-state index in [4.69, 9.17) is 10.8 Å². The van der Waals surface area contributed by atoms with Crippen LogP contribution in [0.5, 0.6) is 0 Å². The number of carbonyl (C=O) groups is 1. The minimum absolute atomic E-state index is 0.284. The first kappa shape index (κ1) is 13.4. The number of hydrogen-bond acceptors (Lipinski definition) is 4. The molecule has 0 bridgehead atoms. The molecule has 1 atom stereocenters. The highest BCUT2D eigenvalue weighted by molar-refractivity contribution is 7.87. The van der Waals surface area contributed by atoms with E-state index in [1.54, 1.807) is 0 Å². The van der Waals surface area contributed by atoms with Gasteiger partial charge in [0.15, 0.2) is 0 Å². The minimum Gasteiger partial charge on any atom is -0.480 e. The van der Waals surface area contributed by atoms with Gasteiger partial charge in [0.1, 0.15) is 6.04 Å². The summed E-state index contributed by atoms with van der Waals surface area (Å²) in [5, 5.41) is 8.52. The van der Waals surface area contributed by atoms with Crippen LogP contribution < -0.4 is 10.5 Å². The molecule has 1 aliphatic rings. The molecule has 4 N–H and O–H groups in total. The Hall–Kier alpha value is -0.700. The number of piperidine rings is 1. The lowest BCUT2D eigenvalue weighted by Crippen LogP contribution is -2.48. The Morgan fingerprint density at radius 1 is 1.38 bits per heavy atom. The second kappa shape index (κ2) is 5.58. The molecule has 1 rings (SSSR count). The SMILES string of the molecule is NC(CNS(=O)(=O)N1CCCCC1)C(=O)O. The fourth-order valence-electron chi connectivity index (χ4n) is 1.48. The molecule has 1 fully saturated rings. The standard InChI is InChI=1S/C8H17N3O4S/c9-7(8(12)13)6-10-16(14,15)11-4-2-1-3-5-11/h7,10H,1-6,9H2,(H,12,13). The van der Waals surface area contributed by atoms with E-state index in [9.17, 15) is 13.2 Å². The third-order valence-electron chi connectivity index (χ3n) is 2.46. The van der Waals surface area contributed by atoms with Crippen molar-refractivity contribution < 1.29 is 18.3 Å². The molecule has 0 aromatic rings. The summed E-state index contributed by atoms with van der Waals surface area (Å²) in [6.45, 7) is 0.684. The Balaban J connectivity index is 2.47. The van der Waals surface area contributed by atoms with Crippen molar-refractivity contribution in [3.63, 3.8) is 0 Å². The van der Waals surface area contributed by atoms with Crippen molar-refractivity contribution in [3.8, 4) is 0 Å². The average molecular weight is 251 g/mol. The van der Waals surface area contributed by atoms with Crippen LogP contribution in [0.1, 0.15) is 19.3 Å². The van der Waals surface area contributed by atoms with Crippen LogP contribution in [-0.4, -0.2) is 49.5 Å². The van der Waals surface area contributed by atoms with Gasteiger partial charge in [-0.05, 0) is 12.8 Å². The maximum atomic E-state index is 11.7. The predicted octanol–water partition coefficient (Wildman–Crippen LogP) is -1.28. The van der Waals surface area contributed by atoms with E-state index < -0.39 is 22.2 Å². The molecule has 1 unspecified atom stereocenters. The van der Waals surface area contributed by atoms with E-state index in [-0.39, 0.29) is 6.54 Å². The normalized spacial score (nSPS) is 20.6. The number of carboxylic acid groups (broad SMARTS) is 1. The molecule has 7 nitrogen and oxygen atoms in total. The highest BCUT2D eigenvalue weighted by Gasteiger charge is 2.24. The lowest BCUT2D eigenvalue weighted by Gasteiger charge is -2.26. The Bertz CT molecular complexity index is 337. The van der Waals surface area contributed by atoms with Crippen LogP contribution in [0.15, 0.2) is 0 Å². The quantitative estimate of drug-likeness (QED) is 0.563. The minimum atomic E-state index is -3.57. The summed E-state index contributed by atoms with van der Waals surface area (Å²) < 4.78 is 26.9. The molecule has 8 heteroatoms. The first-order valence-corrected chi connectivity index (χ1v) is 6.60. The molecule has 1 saturated heterocycles. The first-order chi connectivity index (χ1) is 7.43. The third-order valence-corrected chi connectivity index (χ3v) is 4.03. The van der Waals surface area contributed by atoms with Crippen molar-refractivity contribution in [1.82, 2.24) is 9.03 Å². The molecule has 0 saturated carbocycles. The molecule has 0 aliphatic carbocycles. The van der Waals surface area contributed by atoms with E-state index in [0.717, 1.165) is 19.3 Å². The Labute approximate surface area is 94.8 Å². The van der Waals surface area contributed by atoms with Crippen LogP contribution in [0.3, 0.4) is 0 Å². The average Bonchev–Trinajstić information content (AvgIpc) is 2.27. The second-order valence-corrected chi connectivity index (χ2v) is 5.51. The zero-order valence-electron chi connectivity index (χ0n) is 8.92. The zero-order chi connectivity index (χ0) is 12.2. The van der Waals surface area contributed by atoms with Crippen LogP contribution in [0.25, 0.3) is 0 Å². The third kappa shape index (κ3) is 3.71. The van der Waals surface area contributed by atoms with Gasteiger partial charge < -0.3 is 10.8 Å². The van der Waals surface area contributed by atoms with E-state index in [2.05, 4.69) is 4.72 Å². The molecule has 0 radical (unpaired) electrons. The number of hydrogen-bond donors (Lipinski definition) is 3. The maximum Gasteiger partial charge on any atom is 0.321 e. The van der Waals surface area contributed by atoms with E-state index in [1.165, 1.54) is 4.31 Å². The van der Waals surface area contributed by atoms with E-state index in [1.807, 2.05) is 0 Å². The van der Waals surface area contributed by atoms with Gasteiger partial charge in [0.25, 0.3) is 10.2 Å². The van der Waals surface area contributed by atoms with Crippen LogP contribution in [-0.2, 0) is 15.0 Å². The molecule has 94 valence electrons. The molecule has 0 spiro atoms. The Morgan fingerprint density at radius 3 is 2.44 bits per heavy atom. The van der Waals surface area contributed by atoms with Gasteiger partial charge in [-0.3, -0.25) is 4.79 Å². The molecule has 0 aromatic heterocycles. The summed E-state index contributed by atoms with van der Waals surface area (Å²) in [7, 11) is -3.57. The van der Waals surface area contributed by atoms with Crippen molar-refractivity contribution in [2.24, 2.45) is 5.73 Å². The summed E-state index contributed by atoms with van der Waals surface area (Å²) >= 11 is 0. The van der Waals surface area contributed by atoms with Gasteiger partial charge in [-0.15, -0.1) is 0 Å². The molecular formula is C8H17N3O4S. The van der Waals surface area contributed by atoms with Crippen LogP contribution in [0.2, 0.25) is 0 Å². The molecule has 1 heterocycles. The number of aliphatic carboxylic acids is 1. The predicted molar refractivity (Wildman–Crippen MR) is 58.0 cm³/mol. The van der Waals surface area contributed by atoms with E-state index >= 15 is 0 Å². The fourth-order valence-corrected chi connectivity index (χ4v) is 2.79. The lowest BCUT2D eigenvalue weighted by atomic mass is 10.2. The van der Waals surface area contributed by atoms with Crippen molar-refractivity contribution in [1.29, 1.82) is 0 Å². The first-order valence-electron chi connectivity index (χ1n) is 5.16. The summed E-state index contributed by atoms with van der Waals surface area (Å²) in [5.74, 6) is -1.22. The summed E-state index contributed by atoms with van der Waals surface area (Å²) in [6, 6.07) is -1.21. The largest absolute Gasteiger partial charge is 0.480 e. The van der Waals surface area contributed by atoms with Gasteiger partial charge in [0, 0.05) is 19.6 Å². The fraction of sp³-hybridized carbons (Fsp3) is 0.875. The van der Waals surface area contributed by atoms with Gasteiger partial charge in [-0.1, -0.05) is 6.42 Å². The van der Waals surface area contributed by atoms with Crippen LogP contribution in [0.4, 0.5) is 0 Å². The molecule has 16 heavy (non-hydrogen) atoms. The number of nitrogens with two attached hydrogens (primary N) is 1. The summed E-state index contributed by atoms with van der Waals surface area (Å²) in [4.78, 5) is 10.4. The van der Waals surface area contributed by atoms with Crippen LogP contribution >= 0.6 is 0 Å². The van der Waals surface area contributed by atoms with Gasteiger partial charge in [-0.25, -0.2) is 0 Å². The highest BCUT2D eigenvalue weighted by Crippen LogP contribution is 2.11. The second-order valence-electron chi connectivity index (χ2n) is 3.76. The molecule has 0 amide bonds. The lowest BCUT2D eigenvalue weighted by molar-refractivity contribution is -0.138. The molecule has 0 aromatic carbocycles. The Morgan fingerprint density at radius 2 is 1.94 bits per heavy atom. The van der Waals surface area contributed by atoms with Crippen molar-refractivity contribution in [2.45, 2.75) is 25.3 Å². The zero-order valence-corrected chi connectivity index (χ0v) is 9.74.